The molecule has 0 aliphatic heterocycles. The van der Waals surface area contributed by atoms with Crippen molar-refractivity contribution in [3.8, 4) is 0 Å². The molecule has 0 spiro atoms. The van der Waals surface area contributed by atoms with Crippen LogP contribution < -0.4 is 10.6 Å². The highest BCUT2D eigenvalue weighted by Crippen LogP contribution is 2.17. The van der Waals surface area contributed by atoms with Gasteiger partial charge in [0.2, 0.25) is 5.95 Å². The van der Waals surface area contributed by atoms with Gasteiger partial charge in [-0.2, -0.15) is 0 Å². The van der Waals surface area contributed by atoms with Crippen LogP contribution in [0, 0.1) is 0 Å². The van der Waals surface area contributed by atoms with Crippen molar-refractivity contribution in [3.05, 3.63) is 18.0 Å². The van der Waals surface area contributed by atoms with E-state index in [1.807, 2.05) is 6.92 Å². The van der Waals surface area contributed by atoms with Crippen LogP contribution in [0.4, 0.5) is 5.95 Å². The molecular weight excluding hydrogens is 220 g/mol. The van der Waals surface area contributed by atoms with Crippen molar-refractivity contribution in [1.82, 2.24) is 15.3 Å². The van der Waals surface area contributed by atoms with Gasteiger partial charge in [0.1, 0.15) is 0 Å². The predicted octanol–water partition coefficient (Wildman–Crippen LogP) is 0.370. The van der Waals surface area contributed by atoms with Gasteiger partial charge in [-0.1, -0.05) is 0 Å². The molecule has 1 heterocycles. The number of anilines is 1. The number of amides is 1. The quantitative estimate of drug-likeness (QED) is 0.786. The van der Waals surface area contributed by atoms with E-state index in [2.05, 4.69) is 20.6 Å². The summed E-state index contributed by atoms with van der Waals surface area (Å²) in [6, 6.07) is -0.162. The summed E-state index contributed by atoms with van der Waals surface area (Å²) in [5, 5.41) is 5.58. The molecule has 0 bridgehead atoms. The zero-order valence-electron chi connectivity index (χ0n) is 9.56. The van der Waals surface area contributed by atoms with Gasteiger partial charge in [-0.05, 0) is 13.3 Å². The molecule has 1 atom stereocenters. The van der Waals surface area contributed by atoms with Crippen molar-refractivity contribution in [2.24, 2.45) is 0 Å². The van der Waals surface area contributed by atoms with E-state index >= 15 is 0 Å². The second kappa shape index (κ2) is 4.90. The fourth-order valence-electron chi connectivity index (χ4n) is 1.50. The molecule has 1 saturated carbocycles. The minimum atomic E-state index is -0.196. The summed E-state index contributed by atoms with van der Waals surface area (Å²) < 4.78 is 0. The van der Waals surface area contributed by atoms with E-state index < -0.39 is 0 Å². The molecular formula is C11H14N4O2. The average molecular weight is 234 g/mol. The lowest BCUT2D eigenvalue weighted by molar-refractivity contribution is -0.124. The van der Waals surface area contributed by atoms with Crippen LogP contribution in [0.1, 0.15) is 30.1 Å². The highest BCUT2D eigenvalue weighted by atomic mass is 16.1. The Balaban J connectivity index is 1.97. The second-order valence-corrected chi connectivity index (χ2v) is 3.86. The summed E-state index contributed by atoms with van der Waals surface area (Å²) in [7, 11) is 0. The Morgan fingerprint density at radius 1 is 1.47 bits per heavy atom. The minimum absolute atomic E-state index is 0.162. The summed E-state index contributed by atoms with van der Waals surface area (Å²) in [4.78, 5) is 30.6. The first kappa shape index (κ1) is 11.5. The SMILES string of the molecule is CCNC(=O)c1cnc(NC2CCC2=O)nc1. The maximum atomic E-state index is 11.4. The minimum Gasteiger partial charge on any atom is -0.352 e. The van der Waals surface area contributed by atoms with Crippen LogP contribution in [0.3, 0.4) is 0 Å². The van der Waals surface area contributed by atoms with Gasteiger partial charge in [0.15, 0.2) is 5.78 Å². The summed E-state index contributed by atoms with van der Waals surface area (Å²) in [5.74, 6) is 0.372. The van der Waals surface area contributed by atoms with Crippen molar-refractivity contribution in [2.45, 2.75) is 25.8 Å². The first-order valence-electron chi connectivity index (χ1n) is 5.60. The van der Waals surface area contributed by atoms with Crippen LogP contribution in [0.25, 0.3) is 0 Å². The Morgan fingerprint density at radius 2 is 2.18 bits per heavy atom. The van der Waals surface area contributed by atoms with Gasteiger partial charge in [-0.3, -0.25) is 9.59 Å². The maximum Gasteiger partial charge on any atom is 0.254 e. The van der Waals surface area contributed by atoms with Gasteiger partial charge >= 0.3 is 0 Å². The van der Waals surface area contributed by atoms with E-state index in [4.69, 9.17) is 0 Å². The summed E-state index contributed by atoms with van der Waals surface area (Å²) >= 11 is 0. The van der Waals surface area contributed by atoms with E-state index in [0.29, 0.717) is 24.5 Å². The molecule has 0 aromatic carbocycles. The Kier molecular flexibility index (Phi) is 3.32. The zero-order valence-corrected chi connectivity index (χ0v) is 9.56. The van der Waals surface area contributed by atoms with Gasteiger partial charge in [-0.25, -0.2) is 9.97 Å². The molecule has 2 rings (SSSR count). The fraction of sp³-hybridized carbons (Fsp3) is 0.455. The van der Waals surface area contributed by atoms with Gasteiger partial charge in [-0.15, -0.1) is 0 Å². The fourth-order valence-corrected chi connectivity index (χ4v) is 1.50. The Bertz CT molecular complexity index is 430. The first-order chi connectivity index (χ1) is 8.20. The highest BCUT2D eigenvalue weighted by molar-refractivity contribution is 5.94. The van der Waals surface area contributed by atoms with Crippen LogP contribution in [0.15, 0.2) is 12.4 Å². The third kappa shape index (κ3) is 2.58. The molecule has 2 N–H and O–H groups in total. The lowest BCUT2D eigenvalue weighted by atomic mass is 9.91. The molecule has 1 amide bonds. The monoisotopic (exact) mass is 234 g/mol. The van der Waals surface area contributed by atoms with Crippen LogP contribution in [0.5, 0.6) is 0 Å². The number of nitrogens with zero attached hydrogens (tertiary/aromatic N) is 2. The van der Waals surface area contributed by atoms with E-state index in [9.17, 15) is 9.59 Å². The standard InChI is InChI=1S/C11H14N4O2/c1-2-12-10(17)7-5-13-11(14-6-7)15-8-3-4-9(8)16/h5-6,8H,2-4H2,1H3,(H,12,17)(H,13,14,15). The Labute approximate surface area is 98.8 Å². The van der Waals surface area contributed by atoms with E-state index in [1.54, 1.807) is 0 Å². The number of nitrogens with one attached hydrogen (secondary N) is 2. The molecule has 1 aromatic heterocycles. The van der Waals surface area contributed by atoms with Gasteiger partial charge < -0.3 is 10.6 Å². The zero-order chi connectivity index (χ0) is 12.3. The van der Waals surface area contributed by atoms with Crippen molar-refractivity contribution in [3.63, 3.8) is 0 Å². The van der Waals surface area contributed by atoms with Crippen LogP contribution >= 0.6 is 0 Å². The predicted molar refractivity (Wildman–Crippen MR) is 61.7 cm³/mol. The molecule has 1 aliphatic rings. The maximum absolute atomic E-state index is 11.4. The third-order valence-corrected chi connectivity index (χ3v) is 2.62. The van der Waals surface area contributed by atoms with E-state index in [-0.39, 0.29) is 17.7 Å². The molecule has 1 unspecified atom stereocenters. The molecule has 0 radical (unpaired) electrons. The molecule has 1 aliphatic carbocycles. The number of carbonyl (C=O) groups excluding carboxylic acids is 2. The number of ketones is 1. The van der Waals surface area contributed by atoms with Crippen LogP contribution in [0.2, 0.25) is 0 Å². The number of hydrogen-bond acceptors (Lipinski definition) is 5. The second-order valence-electron chi connectivity index (χ2n) is 3.86. The van der Waals surface area contributed by atoms with Crippen LogP contribution in [-0.4, -0.2) is 34.2 Å². The number of aromatic nitrogens is 2. The van der Waals surface area contributed by atoms with Crippen molar-refractivity contribution >= 4 is 17.6 Å². The summed E-state index contributed by atoms with van der Waals surface area (Å²) in [6.45, 7) is 2.41. The van der Waals surface area contributed by atoms with Crippen LogP contribution in [-0.2, 0) is 4.79 Å². The van der Waals surface area contributed by atoms with Gasteiger partial charge in [0, 0.05) is 25.4 Å². The summed E-state index contributed by atoms with van der Waals surface area (Å²) in [6.07, 6.45) is 4.34. The first-order valence-corrected chi connectivity index (χ1v) is 5.60. The molecule has 17 heavy (non-hydrogen) atoms. The lowest BCUT2D eigenvalue weighted by Gasteiger charge is -2.24. The van der Waals surface area contributed by atoms with Crippen molar-refractivity contribution < 1.29 is 9.59 Å². The van der Waals surface area contributed by atoms with Crippen molar-refractivity contribution in [1.29, 1.82) is 0 Å². The van der Waals surface area contributed by atoms with E-state index in [1.165, 1.54) is 12.4 Å². The average Bonchev–Trinajstić information content (AvgIpc) is 2.35. The molecule has 1 aromatic rings. The number of carbonyl (C=O) groups is 2. The largest absolute Gasteiger partial charge is 0.352 e. The molecule has 0 saturated heterocycles. The third-order valence-electron chi connectivity index (χ3n) is 2.62. The van der Waals surface area contributed by atoms with Crippen molar-refractivity contribution in [2.75, 3.05) is 11.9 Å². The van der Waals surface area contributed by atoms with E-state index in [0.717, 1.165) is 6.42 Å². The molecule has 6 nitrogen and oxygen atoms in total. The smallest absolute Gasteiger partial charge is 0.254 e. The molecule has 1 fully saturated rings. The topological polar surface area (TPSA) is 84.0 Å². The normalized spacial score (nSPS) is 18.4. The van der Waals surface area contributed by atoms with Gasteiger partial charge in [0.25, 0.3) is 5.91 Å². The van der Waals surface area contributed by atoms with Gasteiger partial charge in [0.05, 0.1) is 11.6 Å². The summed E-state index contributed by atoms with van der Waals surface area (Å²) in [5.41, 5.74) is 0.414. The Hall–Kier alpha value is -1.98. The lowest BCUT2D eigenvalue weighted by Crippen LogP contribution is -2.39. The number of hydrogen-bond donors (Lipinski definition) is 2. The number of Topliss-reactive ketones (excluding diaryl/α,β-unsaturated/α-hetero) is 1. The molecule has 90 valence electrons. The Morgan fingerprint density at radius 3 is 2.65 bits per heavy atom. The molecule has 6 heteroatoms. The number of rotatable bonds is 4. The highest BCUT2D eigenvalue weighted by Gasteiger charge is 2.28.